The number of aromatic nitrogens is 4. The number of hydrogen-bond donors (Lipinski definition) is 4. The van der Waals surface area contributed by atoms with Crippen LogP contribution in [0.15, 0.2) is 55.0 Å². The van der Waals surface area contributed by atoms with Crippen LogP contribution < -0.4 is 26.0 Å². The fourth-order valence-electron chi connectivity index (χ4n) is 7.14. The average molecular weight is 802 g/mol. The van der Waals surface area contributed by atoms with E-state index < -0.39 is 35.6 Å². The van der Waals surface area contributed by atoms with Gasteiger partial charge < -0.3 is 25.6 Å². The number of rotatable bonds is 13. The molecule has 1 saturated carbocycles. The van der Waals surface area contributed by atoms with Crippen LogP contribution in [0.1, 0.15) is 82.1 Å². The lowest BCUT2D eigenvalue weighted by Gasteiger charge is -2.32. The van der Waals surface area contributed by atoms with Crippen molar-refractivity contribution in [1.82, 2.24) is 34.9 Å². The third-order valence-corrected chi connectivity index (χ3v) is 10.9. The lowest BCUT2D eigenvalue weighted by Crippen LogP contribution is -2.54. The van der Waals surface area contributed by atoms with Crippen LogP contribution in [0.5, 0.6) is 5.88 Å². The largest absolute Gasteiger partial charge is 0.474 e. The standard InChI is InChI=1S/C38H38Cl2N10O6/c39-26-5-2-6-27(40)32(26)46-33(52)25-19-42-38(47-35(25)56-23-8-9-23)44-21-18-43-49(20-21)22-12-16-48(17-13-22)15-3-14-41-28-7-1-4-24-31(28)37(55)50(36(24)54)29-10-11-30(51)45-34(29)53/h1-2,4-7,18-20,22-23,29,41H,3,8-17H2,(H,46,52)(H,42,44,47)(H,45,51,53). The number of ether oxygens (including phenoxy) is 1. The van der Waals surface area contributed by atoms with Crippen molar-refractivity contribution in [2.24, 2.45) is 0 Å². The van der Waals surface area contributed by atoms with Crippen molar-refractivity contribution in [2.45, 2.75) is 63.1 Å². The van der Waals surface area contributed by atoms with E-state index in [4.69, 9.17) is 27.9 Å². The van der Waals surface area contributed by atoms with Crippen molar-refractivity contribution in [3.63, 3.8) is 0 Å². The molecule has 2 aromatic heterocycles. The minimum Gasteiger partial charge on any atom is -0.474 e. The molecule has 1 atom stereocenters. The summed E-state index contributed by atoms with van der Waals surface area (Å²) in [6.45, 7) is 3.20. The molecule has 0 radical (unpaired) electrons. The van der Waals surface area contributed by atoms with Gasteiger partial charge in [-0.05, 0) is 69.3 Å². The van der Waals surface area contributed by atoms with Gasteiger partial charge in [0, 0.05) is 44.1 Å². The van der Waals surface area contributed by atoms with Gasteiger partial charge in [0.1, 0.15) is 17.7 Å². The van der Waals surface area contributed by atoms with Gasteiger partial charge in [0.25, 0.3) is 17.7 Å². The molecule has 16 nitrogen and oxygen atoms in total. The molecule has 1 aliphatic carbocycles. The molecule has 5 amide bonds. The summed E-state index contributed by atoms with van der Waals surface area (Å²) >= 11 is 12.5. The van der Waals surface area contributed by atoms with Gasteiger partial charge in [-0.15, -0.1) is 0 Å². The maximum atomic E-state index is 13.4. The van der Waals surface area contributed by atoms with Crippen molar-refractivity contribution < 1.29 is 28.7 Å². The molecule has 2 saturated heterocycles. The normalized spacial score (nSPS) is 18.8. The predicted octanol–water partition coefficient (Wildman–Crippen LogP) is 5.06. The van der Waals surface area contributed by atoms with E-state index in [2.05, 4.69) is 41.2 Å². The minimum absolute atomic E-state index is 0.0137. The fraction of sp³-hybridized carbons (Fsp3) is 0.368. The number of para-hydroxylation sites is 1. The van der Waals surface area contributed by atoms with Gasteiger partial charge >= 0.3 is 0 Å². The molecule has 2 aromatic carbocycles. The molecule has 8 rings (SSSR count). The Balaban J connectivity index is 0.818. The van der Waals surface area contributed by atoms with Crippen LogP contribution in [0.25, 0.3) is 0 Å². The highest BCUT2D eigenvalue weighted by Gasteiger charge is 2.45. The Morgan fingerprint density at radius 1 is 0.946 bits per heavy atom. The van der Waals surface area contributed by atoms with Gasteiger partial charge in [-0.1, -0.05) is 35.3 Å². The Labute approximate surface area is 331 Å². The molecule has 0 bridgehead atoms. The minimum atomic E-state index is -1.00. The topological polar surface area (TPSA) is 193 Å². The molecular formula is C38H38Cl2N10O6. The summed E-state index contributed by atoms with van der Waals surface area (Å²) in [4.78, 5) is 76.0. The zero-order chi connectivity index (χ0) is 38.9. The Morgan fingerprint density at radius 2 is 1.71 bits per heavy atom. The Bertz CT molecular complexity index is 2200. The van der Waals surface area contributed by atoms with E-state index in [1.165, 1.54) is 6.20 Å². The number of benzene rings is 2. The van der Waals surface area contributed by atoms with Crippen LogP contribution in [-0.4, -0.2) is 97.4 Å². The Kier molecular flexibility index (Phi) is 10.6. The summed E-state index contributed by atoms with van der Waals surface area (Å²) in [5.74, 6) is -2.16. The number of piperidine rings is 2. The van der Waals surface area contributed by atoms with E-state index in [0.717, 1.165) is 56.6 Å². The summed E-state index contributed by atoms with van der Waals surface area (Å²) < 4.78 is 7.93. The average Bonchev–Trinajstić information content (AvgIpc) is 3.82. The van der Waals surface area contributed by atoms with E-state index in [1.54, 1.807) is 42.6 Å². The van der Waals surface area contributed by atoms with E-state index in [-0.39, 0.29) is 53.5 Å². The zero-order valence-electron chi connectivity index (χ0n) is 30.1. The number of halogens is 2. The number of nitrogens with one attached hydrogen (secondary N) is 4. The number of imide groups is 2. The highest BCUT2D eigenvalue weighted by atomic mass is 35.5. The van der Waals surface area contributed by atoms with Crippen LogP contribution in [0, 0.1) is 0 Å². The molecule has 3 fully saturated rings. The van der Waals surface area contributed by atoms with Crippen molar-refractivity contribution in [3.8, 4) is 5.88 Å². The van der Waals surface area contributed by atoms with Crippen LogP contribution in [0.2, 0.25) is 10.0 Å². The zero-order valence-corrected chi connectivity index (χ0v) is 31.6. The Hall–Kier alpha value is -5.58. The molecule has 290 valence electrons. The summed E-state index contributed by atoms with van der Waals surface area (Å²) in [5.41, 5.74) is 2.21. The quantitative estimate of drug-likeness (QED) is 0.104. The van der Waals surface area contributed by atoms with E-state index >= 15 is 0 Å². The second kappa shape index (κ2) is 15.9. The molecule has 18 heteroatoms. The first kappa shape index (κ1) is 37.3. The van der Waals surface area contributed by atoms with Gasteiger partial charge in [0.2, 0.25) is 23.6 Å². The van der Waals surface area contributed by atoms with Crippen molar-refractivity contribution in [1.29, 1.82) is 0 Å². The number of nitrogens with zero attached hydrogens (tertiary/aromatic N) is 6. The van der Waals surface area contributed by atoms with Crippen LogP contribution in [-0.2, 0) is 9.59 Å². The lowest BCUT2D eigenvalue weighted by atomic mass is 10.0. The summed E-state index contributed by atoms with van der Waals surface area (Å²) in [6, 6.07) is 9.23. The first-order valence-corrected chi connectivity index (χ1v) is 19.3. The predicted molar refractivity (Wildman–Crippen MR) is 207 cm³/mol. The molecule has 4 aliphatic rings. The third kappa shape index (κ3) is 7.90. The van der Waals surface area contributed by atoms with Crippen LogP contribution >= 0.6 is 23.2 Å². The molecule has 56 heavy (non-hydrogen) atoms. The smallest absolute Gasteiger partial charge is 0.264 e. The van der Waals surface area contributed by atoms with E-state index in [0.29, 0.717) is 33.7 Å². The number of likely N-dealkylation sites (tertiary alicyclic amines) is 1. The van der Waals surface area contributed by atoms with Crippen molar-refractivity contribution in [2.75, 3.05) is 42.1 Å². The first-order valence-electron chi connectivity index (χ1n) is 18.5. The van der Waals surface area contributed by atoms with Gasteiger partial charge in [-0.2, -0.15) is 10.1 Å². The van der Waals surface area contributed by atoms with Gasteiger partial charge in [-0.3, -0.25) is 38.9 Å². The Morgan fingerprint density at radius 3 is 2.46 bits per heavy atom. The second-order valence-electron chi connectivity index (χ2n) is 14.1. The van der Waals surface area contributed by atoms with Gasteiger partial charge in [-0.25, -0.2) is 4.98 Å². The third-order valence-electron chi connectivity index (χ3n) is 10.2. The number of carbonyl (C=O) groups is 5. The molecule has 4 N–H and O–H groups in total. The molecule has 1 unspecified atom stereocenters. The van der Waals surface area contributed by atoms with Crippen LogP contribution in [0.4, 0.5) is 23.0 Å². The number of fused-ring (bicyclic) bond motifs is 1. The second-order valence-corrected chi connectivity index (χ2v) is 15.0. The molecule has 3 aliphatic heterocycles. The lowest BCUT2D eigenvalue weighted by molar-refractivity contribution is -0.136. The molecule has 0 spiro atoms. The number of carbonyl (C=O) groups excluding carboxylic acids is 5. The van der Waals surface area contributed by atoms with Gasteiger partial charge in [0.15, 0.2) is 0 Å². The van der Waals surface area contributed by atoms with Crippen LogP contribution in [0.3, 0.4) is 0 Å². The first-order chi connectivity index (χ1) is 27.1. The maximum absolute atomic E-state index is 13.4. The van der Waals surface area contributed by atoms with E-state index in [1.807, 2.05) is 10.9 Å². The molecular weight excluding hydrogens is 763 g/mol. The summed E-state index contributed by atoms with van der Waals surface area (Å²) in [7, 11) is 0. The van der Waals surface area contributed by atoms with Crippen molar-refractivity contribution >= 4 is 75.7 Å². The maximum Gasteiger partial charge on any atom is 0.264 e. The monoisotopic (exact) mass is 800 g/mol. The molecule has 5 heterocycles. The summed E-state index contributed by atoms with van der Waals surface area (Å²) in [5, 5.41) is 16.7. The highest BCUT2D eigenvalue weighted by Crippen LogP contribution is 2.34. The highest BCUT2D eigenvalue weighted by molar-refractivity contribution is 6.40. The fourth-order valence-corrected chi connectivity index (χ4v) is 7.63. The van der Waals surface area contributed by atoms with Gasteiger partial charge in [0.05, 0.1) is 44.8 Å². The van der Waals surface area contributed by atoms with E-state index in [9.17, 15) is 24.0 Å². The van der Waals surface area contributed by atoms with Crippen molar-refractivity contribution in [3.05, 3.63) is 81.7 Å². The molecule has 4 aromatic rings. The summed E-state index contributed by atoms with van der Waals surface area (Å²) in [6.07, 6.45) is 9.58. The number of hydrogen-bond acceptors (Lipinski definition) is 12. The number of anilines is 4. The number of amides is 5. The SMILES string of the molecule is O=C1CCC(N2C(=O)c3cccc(NCCCN4CCC(n5cc(Nc6ncc(C(=O)Nc7c(Cl)cccc7Cl)c(OC7CC7)n6)cn5)CC4)c3C2=O)C(=O)N1.